The van der Waals surface area contributed by atoms with Crippen molar-refractivity contribution in [2.45, 2.75) is 18.1 Å². The first-order chi connectivity index (χ1) is 12.1. The fraction of sp³-hybridized carbons (Fsp3) is 0.312. The molecule has 0 radical (unpaired) electrons. The number of halogens is 4. The number of alkyl halides is 3. The van der Waals surface area contributed by atoms with Gasteiger partial charge >= 0.3 is 12.1 Å². The summed E-state index contributed by atoms with van der Waals surface area (Å²) in [6.45, 7) is -1.73. The average molecular weight is 373 g/mol. The summed E-state index contributed by atoms with van der Waals surface area (Å²) in [5.74, 6) is -5.11. The minimum Gasteiger partial charge on any atom is -0.481 e. The Morgan fingerprint density at radius 3 is 2.58 bits per heavy atom. The normalized spacial score (nSPS) is 20.6. The lowest BCUT2D eigenvalue weighted by Crippen LogP contribution is -2.54. The molecule has 0 saturated carbocycles. The highest BCUT2D eigenvalue weighted by Crippen LogP contribution is 2.38. The highest BCUT2D eigenvalue weighted by molar-refractivity contribution is 6.02. The number of carboxylic acid groups (broad SMARTS) is 1. The van der Waals surface area contributed by atoms with Gasteiger partial charge in [-0.15, -0.1) is 0 Å². The molecule has 0 bridgehead atoms. The van der Waals surface area contributed by atoms with Gasteiger partial charge in [-0.1, -0.05) is 6.07 Å². The van der Waals surface area contributed by atoms with Crippen LogP contribution in [0.15, 0.2) is 30.0 Å². The SMILES string of the molecule is CN/C=C(\C=N)C1C(C(=O)O)c2ccc(F)cc2C(=O)N1CC(F)(F)F. The first-order valence-corrected chi connectivity index (χ1v) is 7.38. The molecule has 0 aliphatic carbocycles. The Kier molecular flexibility index (Phi) is 5.33. The molecule has 1 aromatic carbocycles. The number of aliphatic carboxylic acids is 1. The van der Waals surface area contributed by atoms with Crippen molar-refractivity contribution in [3.63, 3.8) is 0 Å². The van der Waals surface area contributed by atoms with Crippen LogP contribution in [0.5, 0.6) is 0 Å². The van der Waals surface area contributed by atoms with Gasteiger partial charge in [-0.25, -0.2) is 4.39 Å². The van der Waals surface area contributed by atoms with Crippen LogP contribution in [0.1, 0.15) is 21.8 Å². The van der Waals surface area contributed by atoms with E-state index in [4.69, 9.17) is 5.41 Å². The van der Waals surface area contributed by atoms with Crippen molar-refractivity contribution in [1.82, 2.24) is 10.2 Å². The Labute approximate surface area is 145 Å². The third-order valence-corrected chi connectivity index (χ3v) is 3.93. The minimum absolute atomic E-state index is 0.101. The number of carbonyl (C=O) groups is 2. The molecule has 10 heteroatoms. The first kappa shape index (κ1) is 19.4. The number of amides is 1. The van der Waals surface area contributed by atoms with Crippen molar-refractivity contribution in [1.29, 1.82) is 5.41 Å². The largest absolute Gasteiger partial charge is 0.481 e. The summed E-state index contributed by atoms with van der Waals surface area (Å²) in [4.78, 5) is 24.7. The van der Waals surface area contributed by atoms with Crippen molar-refractivity contribution >= 4 is 18.1 Å². The molecule has 26 heavy (non-hydrogen) atoms. The van der Waals surface area contributed by atoms with Gasteiger partial charge in [0.1, 0.15) is 18.3 Å². The quantitative estimate of drug-likeness (QED) is 0.545. The van der Waals surface area contributed by atoms with E-state index >= 15 is 0 Å². The Morgan fingerprint density at radius 2 is 2.08 bits per heavy atom. The number of nitrogens with one attached hydrogen (secondary N) is 2. The second-order valence-corrected chi connectivity index (χ2v) is 5.62. The molecule has 3 N–H and O–H groups in total. The molecule has 0 aromatic heterocycles. The van der Waals surface area contributed by atoms with Gasteiger partial charge in [-0.3, -0.25) is 9.59 Å². The topological polar surface area (TPSA) is 93.5 Å². The molecule has 1 heterocycles. The van der Waals surface area contributed by atoms with Crippen molar-refractivity contribution in [3.8, 4) is 0 Å². The molecule has 1 aliphatic rings. The lowest BCUT2D eigenvalue weighted by molar-refractivity contribution is -0.150. The number of carboxylic acids is 1. The zero-order chi connectivity index (χ0) is 19.6. The van der Waals surface area contributed by atoms with Crippen LogP contribution in [0.4, 0.5) is 17.6 Å². The summed E-state index contributed by atoms with van der Waals surface area (Å²) in [6.07, 6.45) is -2.98. The van der Waals surface area contributed by atoms with Crippen LogP contribution in [-0.4, -0.2) is 53.9 Å². The number of fused-ring (bicyclic) bond motifs is 1. The smallest absolute Gasteiger partial charge is 0.406 e. The number of hydrogen-bond acceptors (Lipinski definition) is 4. The Balaban J connectivity index is 2.74. The average Bonchev–Trinajstić information content (AvgIpc) is 2.54. The van der Waals surface area contributed by atoms with E-state index < -0.39 is 47.9 Å². The van der Waals surface area contributed by atoms with Gasteiger partial charge in [0.05, 0.1) is 6.04 Å². The first-order valence-electron chi connectivity index (χ1n) is 7.38. The van der Waals surface area contributed by atoms with Crippen LogP contribution >= 0.6 is 0 Å². The van der Waals surface area contributed by atoms with Crippen LogP contribution in [0.2, 0.25) is 0 Å². The summed E-state index contributed by atoms with van der Waals surface area (Å²) in [5, 5.41) is 19.6. The third kappa shape index (κ3) is 3.68. The van der Waals surface area contributed by atoms with E-state index in [1.54, 1.807) is 0 Å². The summed E-state index contributed by atoms with van der Waals surface area (Å²) >= 11 is 0. The van der Waals surface area contributed by atoms with Crippen molar-refractivity contribution < 1.29 is 32.3 Å². The maximum Gasteiger partial charge on any atom is 0.406 e. The highest BCUT2D eigenvalue weighted by atomic mass is 19.4. The van der Waals surface area contributed by atoms with Gasteiger partial charge in [0.2, 0.25) is 0 Å². The molecular weight excluding hydrogens is 358 g/mol. The predicted molar refractivity (Wildman–Crippen MR) is 83.6 cm³/mol. The second kappa shape index (κ2) is 7.14. The number of benzene rings is 1. The Hall–Kier alpha value is -2.91. The van der Waals surface area contributed by atoms with Crippen molar-refractivity contribution in [2.75, 3.05) is 13.6 Å². The molecule has 0 spiro atoms. The molecule has 0 saturated heterocycles. The Morgan fingerprint density at radius 1 is 1.42 bits per heavy atom. The van der Waals surface area contributed by atoms with E-state index in [0.717, 1.165) is 24.4 Å². The monoisotopic (exact) mass is 373 g/mol. The maximum atomic E-state index is 13.5. The zero-order valence-electron chi connectivity index (χ0n) is 13.5. The molecule has 1 amide bonds. The summed E-state index contributed by atoms with van der Waals surface area (Å²) in [6, 6.07) is 1.15. The molecule has 1 aromatic rings. The van der Waals surface area contributed by atoms with Gasteiger partial charge in [0, 0.05) is 30.6 Å². The lowest BCUT2D eigenvalue weighted by Gasteiger charge is -2.41. The minimum atomic E-state index is -4.81. The fourth-order valence-corrected chi connectivity index (χ4v) is 3.00. The zero-order valence-corrected chi connectivity index (χ0v) is 13.5. The van der Waals surface area contributed by atoms with Crippen molar-refractivity contribution in [2.24, 2.45) is 0 Å². The van der Waals surface area contributed by atoms with Crippen molar-refractivity contribution in [3.05, 3.63) is 46.9 Å². The van der Waals surface area contributed by atoms with E-state index in [-0.39, 0.29) is 11.1 Å². The van der Waals surface area contributed by atoms with Crippen LogP contribution in [0.25, 0.3) is 0 Å². The highest BCUT2D eigenvalue weighted by Gasteiger charge is 2.48. The molecule has 0 fully saturated rings. The second-order valence-electron chi connectivity index (χ2n) is 5.62. The number of rotatable bonds is 5. The van der Waals surface area contributed by atoms with E-state index in [2.05, 4.69) is 5.32 Å². The molecule has 2 unspecified atom stereocenters. The molecule has 2 rings (SSSR count). The van der Waals surface area contributed by atoms with Gasteiger partial charge < -0.3 is 20.7 Å². The van der Waals surface area contributed by atoms with E-state index in [9.17, 15) is 32.3 Å². The van der Waals surface area contributed by atoms with Crippen LogP contribution in [0.3, 0.4) is 0 Å². The van der Waals surface area contributed by atoms with E-state index in [0.29, 0.717) is 11.1 Å². The standard InChI is InChI=1S/C16H15F4N3O3/c1-22-6-8(5-21)13-12(15(25)26)10-3-2-9(17)4-11(10)14(24)23(13)7-16(18,19)20/h2-6,12-13,21-22H,7H2,1H3,(H,25,26)/b8-6+,21-5?. The number of nitrogens with zero attached hydrogens (tertiary/aromatic N) is 1. The predicted octanol–water partition coefficient (Wildman–Crippen LogP) is 2.13. The maximum absolute atomic E-state index is 13.5. The number of hydrogen-bond donors (Lipinski definition) is 3. The molecule has 1 aliphatic heterocycles. The van der Waals surface area contributed by atoms with Gasteiger partial charge in [-0.2, -0.15) is 13.2 Å². The van der Waals surface area contributed by atoms with Gasteiger partial charge in [0.25, 0.3) is 5.91 Å². The van der Waals surface area contributed by atoms with E-state index in [1.807, 2.05) is 0 Å². The fourth-order valence-electron chi connectivity index (χ4n) is 3.00. The molecule has 140 valence electrons. The van der Waals surface area contributed by atoms with Crippen LogP contribution in [-0.2, 0) is 4.79 Å². The summed E-state index contributed by atoms with van der Waals surface area (Å²) in [5.41, 5.74) is -0.671. The molecular formula is C16H15F4N3O3. The van der Waals surface area contributed by atoms with Gasteiger partial charge in [-0.05, 0) is 17.7 Å². The summed E-state index contributed by atoms with van der Waals surface area (Å²) in [7, 11) is 1.42. The molecule has 2 atom stereocenters. The number of carbonyl (C=O) groups excluding carboxylic acids is 1. The van der Waals surface area contributed by atoms with Gasteiger partial charge in [0.15, 0.2) is 0 Å². The third-order valence-electron chi connectivity index (χ3n) is 3.93. The van der Waals surface area contributed by atoms with E-state index in [1.165, 1.54) is 7.05 Å². The lowest BCUT2D eigenvalue weighted by atomic mass is 9.79. The summed E-state index contributed by atoms with van der Waals surface area (Å²) < 4.78 is 52.6. The molecule has 6 nitrogen and oxygen atoms in total. The van der Waals surface area contributed by atoms with Crippen LogP contribution in [0, 0.1) is 11.2 Å². The van der Waals surface area contributed by atoms with Crippen LogP contribution < -0.4 is 5.32 Å². The Bertz CT molecular complexity index is 776.